The van der Waals surface area contributed by atoms with Crippen molar-refractivity contribution in [3.63, 3.8) is 0 Å². The molecular weight excluding hydrogens is 248 g/mol. The number of carbonyl (C=O) groups is 1. The Balaban J connectivity index is 2.45. The Hall–Kier alpha value is -2.11. The Morgan fingerprint density at radius 1 is 1.42 bits per heavy atom. The van der Waals surface area contributed by atoms with E-state index in [0.29, 0.717) is 30.5 Å². The van der Waals surface area contributed by atoms with Gasteiger partial charge in [-0.1, -0.05) is 6.58 Å². The summed E-state index contributed by atoms with van der Waals surface area (Å²) in [6.45, 7) is 7.25. The highest BCUT2D eigenvalue weighted by molar-refractivity contribution is 5.86. The van der Waals surface area contributed by atoms with Gasteiger partial charge in [0, 0.05) is 23.9 Å². The lowest BCUT2D eigenvalue weighted by molar-refractivity contribution is -0.139. The van der Waals surface area contributed by atoms with E-state index in [1.54, 1.807) is 13.8 Å². The monoisotopic (exact) mass is 266 g/mol. The van der Waals surface area contributed by atoms with E-state index in [1.165, 1.54) is 6.20 Å². The van der Waals surface area contributed by atoms with E-state index < -0.39 is 11.7 Å². The number of hydrogen-bond acceptors (Lipinski definition) is 4. The minimum Gasteiger partial charge on any atom is -0.462 e. The standard InChI is InChI=1S/C13H18N2O4/c1-9(2)12(17)19-7-5-4-6-15-11(16)10(3)8-14-13(15)18/h8H,1,4-7H2,2-3H3,(H,14,18). The molecule has 0 spiro atoms. The van der Waals surface area contributed by atoms with Gasteiger partial charge in [-0.15, -0.1) is 0 Å². The molecule has 0 radical (unpaired) electrons. The van der Waals surface area contributed by atoms with Crippen molar-refractivity contribution in [1.82, 2.24) is 9.55 Å². The maximum Gasteiger partial charge on any atom is 0.333 e. The third-order valence-corrected chi connectivity index (χ3v) is 2.60. The zero-order chi connectivity index (χ0) is 14.4. The average Bonchev–Trinajstić information content (AvgIpc) is 2.37. The first-order chi connectivity index (χ1) is 8.93. The smallest absolute Gasteiger partial charge is 0.333 e. The van der Waals surface area contributed by atoms with Crippen LogP contribution in [0, 0.1) is 6.92 Å². The molecule has 0 bridgehead atoms. The van der Waals surface area contributed by atoms with Gasteiger partial charge in [0.05, 0.1) is 6.61 Å². The van der Waals surface area contributed by atoms with E-state index in [4.69, 9.17) is 4.74 Å². The number of hydrogen-bond donors (Lipinski definition) is 1. The molecular formula is C13H18N2O4. The Morgan fingerprint density at radius 3 is 2.74 bits per heavy atom. The zero-order valence-electron chi connectivity index (χ0n) is 11.2. The van der Waals surface area contributed by atoms with Gasteiger partial charge in [0.15, 0.2) is 0 Å². The summed E-state index contributed by atoms with van der Waals surface area (Å²) in [5.74, 6) is -0.425. The highest BCUT2D eigenvalue weighted by Gasteiger charge is 2.05. The van der Waals surface area contributed by atoms with Crippen LogP contribution in [0.15, 0.2) is 27.9 Å². The van der Waals surface area contributed by atoms with Gasteiger partial charge in [-0.3, -0.25) is 9.36 Å². The fourth-order valence-electron chi connectivity index (χ4n) is 1.48. The molecule has 1 heterocycles. The van der Waals surface area contributed by atoms with Crippen molar-refractivity contribution in [2.75, 3.05) is 6.61 Å². The molecule has 0 unspecified atom stereocenters. The van der Waals surface area contributed by atoms with Gasteiger partial charge in [0.1, 0.15) is 0 Å². The fraction of sp³-hybridized carbons (Fsp3) is 0.462. The summed E-state index contributed by atoms with van der Waals surface area (Å²) in [6, 6.07) is 0. The third-order valence-electron chi connectivity index (χ3n) is 2.60. The zero-order valence-corrected chi connectivity index (χ0v) is 11.2. The number of esters is 1. The second kappa shape index (κ2) is 6.72. The second-order valence-corrected chi connectivity index (χ2v) is 4.36. The summed E-state index contributed by atoms with van der Waals surface area (Å²) in [4.78, 5) is 36.8. The first kappa shape index (κ1) is 14.9. The lowest BCUT2D eigenvalue weighted by Gasteiger charge is -2.06. The number of unbranched alkanes of at least 4 members (excludes halogenated alkanes) is 1. The quantitative estimate of drug-likeness (QED) is 0.468. The Labute approximate surface area is 110 Å². The topological polar surface area (TPSA) is 81.2 Å². The molecule has 0 aliphatic rings. The van der Waals surface area contributed by atoms with Crippen LogP contribution in [0.5, 0.6) is 0 Å². The summed E-state index contributed by atoms with van der Waals surface area (Å²) in [5, 5.41) is 0. The number of aromatic nitrogens is 2. The van der Waals surface area contributed by atoms with Crippen LogP contribution >= 0.6 is 0 Å². The van der Waals surface area contributed by atoms with Crippen molar-refractivity contribution in [1.29, 1.82) is 0 Å². The van der Waals surface area contributed by atoms with Crippen molar-refractivity contribution in [2.24, 2.45) is 0 Å². The SMILES string of the molecule is C=C(C)C(=O)OCCCCn1c(=O)[nH]cc(C)c1=O. The van der Waals surface area contributed by atoms with Gasteiger partial charge in [-0.2, -0.15) is 0 Å². The summed E-state index contributed by atoms with van der Waals surface area (Å²) < 4.78 is 6.06. The number of ether oxygens (including phenoxy) is 1. The number of nitrogens with one attached hydrogen (secondary N) is 1. The normalized spacial score (nSPS) is 10.2. The van der Waals surface area contributed by atoms with Crippen LogP contribution in [0.25, 0.3) is 0 Å². The van der Waals surface area contributed by atoms with E-state index >= 15 is 0 Å². The largest absolute Gasteiger partial charge is 0.462 e. The maximum absolute atomic E-state index is 11.7. The van der Waals surface area contributed by atoms with Gasteiger partial charge in [0.25, 0.3) is 5.56 Å². The average molecular weight is 266 g/mol. The van der Waals surface area contributed by atoms with Gasteiger partial charge in [-0.25, -0.2) is 9.59 Å². The Morgan fingerprint density at radius 2 is 2.11 bits per heavy atom. The highest BCUT2D eigenvalue weighted by Crippen LogP contribution is 1.97. The Bertz CT molecular complexity index is 583. The molecule has 1 aromatic rings. The van der Waals surface area contributed by atoms with E-state index in [0.717, 1.165) is 4.57 Å². The van der Waals surface area contributed by atoms with Crippen molar-refractivity contribution < 1.29 is 9.53 Å². The molecule has 1 N–H and O–H groups in total. The van der Waals surface area contributed by atoms with Crippen molar-refractivity contribution >= 4 is 5.97 Å². The van der Waals surface area contributed by atoms with Gasteiger partial charge >= 0.3 is 11.7 Å². The van der Waals surface area contributed by atoms with Crippen LogP contribution in [0.4, 0.5) is 0 Å². The summed E-state index contributed by atoms with van der Waals surface area (Å²) in [6.07, 6.45) is 2.56. The van der Waals surface area contributed by atoms with Crippen molar-refractivity contribution in [3.05, 3.63) is 44.8 Å². The number of rotatable bonds is 6. The minimum absolute atomic E-state index is 0.254. The number of nitrogens with zero attached hydrogens (tertiary/aromatic N) is 1. The van der Waals surface area contributed by atoms with E-state index in [-0.39, 0.29) is 12.2 Å². The molecule has 0 atom stereocenters. The van der Waals surface area contributed by atoms with Crippen LogP contribution in [0.3, 0.4) is 0 Å². The molecule has 6 nitrogen and oxygen atoms in total. The molecule has 0 aliphatic carbocycles. The molecule has 1 rings (SSSR count). The van der Waals surface area contributed by atoms with Crippen molar-refractivity contribution in [3.8, 4) is 0 Å². The van der Waals surface area contributed by atoms with E-state index in [1.807, 2.05) is 0 Å². The van der Waals surface area contributed by atoms with E-state index in [9.17, 15) is 14.4 Å². The lowest BCUT2D eigenvalue weighted by Crippen LogP contribution is -2.36. The number of aryl methyl sites for hydroxylation is 1. The van der Waals surface area contributed by atoms with Crippen LogP contribution < -0.4 is 11.2 Å². The molecule has 0 fully saturated rings. The van der Waals surface area contributed by atoms with Gasteiger partial charge < -0.3 is 9.72 Å². The molecule has 104 valence electrons. The molecule has 0 amide bonds. The molecule has 0 aromatic carbocycles. The van der Waals surface area contributed by atoms with Crippen molar-refractivity contribution in [2.45, 2.75) is 33.2 Å². The molecule has 0 saturated carbocycles. The minimum atomic E-state index is -0.425. The first-order valence-electron chi connectivity index (χ1n) is 6.05. The number of carbonyl (C=O) groups excluding carboxylic acids is 1. The Kier molecular flexibility index (Phi) is 5.29. The van der Waals surface area contributed by atoms with Gasteiger partial charge in [-0.05, 0) is 26.7 Å². The van der Waals surface area contributed by atoms with Crippen LogP contribution in [0.2, 0.25) is 0 Å². The second-order valence-electron chi connectivity index (χ2n) is 4.36. The van der Waals surface area contributed by atoms with Crippen LogP contribution in [-0.2, 0) is 16.1 Å². The highest BCUT2D eigenvalue weighted by atomic mass is 16.5. The first-order valence-corrected chi connectivity index (χ1v) is 6.05. The summed E-state index contributed by atoms with van der Waals surface area (Å²) in [7, 11) is 0. The van der Waals surface area contributed by atoms with E-state index in [2.05, 4.69) is 11.6 Å². The molecule has 19 heavy (non-hydrogen) atoms. The molecule has 1 aromatic heterocycles. The maximum atomic E-state index is 11.7. The van der Waals surface area contributed by atoms with Crippen LogP contribution in [-0.4, -0.2) is 22.1 Å². The van der Waals surface area contributed by atoms with Gasteiger partial charge in [0.2, 0.25) is 0 Å². The predicted octanol–water partition coefficient (Wildman–Crippen LogP) is 0.745. The molecule has 6 heteroatoms. The predicted molar refractivity (Wildman–Crippen MR) is 71.1 cm³/mol. The molecule has 0 saturated heterocycles. The third kappa shape index (κ3) is 4.24. The summed E-state index contributed by atoms with van der Waals surface area (Å²) >= 11 is 0. The number of aromatic amines is 1. The molecule has 0 aliphatic heterocycles. The fourth-order valence-corrected chi connectivity index (χ4v) is 1.48. The number of H-pyrrole nitrogens is 1. The summed E-state index contributed by atoms with van der Waals surface area (Å²) in [5.41, 5.74) is 0.136. The van der Waals surface area contributed by atoms with Crippen LogP contribution in [0.1, 0.15) is 25.3 Å². The lowest BCUT2D eigenvalue weighted by atomic mass is 10.3.